The first kappa shape index (κ1) is 15.4. The van der Waals surface area contributed by atoms with Crippen LogP contribution in [0.25, 0.3) is 0 Å². The Bertz CT molecular complexity index is 825. The number of aromatic nitrogens is 1. The third kappa shape index (κ3) is 4.24. The number of carbonyl (C=O) groups excluding carboxylic acids is 1. The van der Waals surface area contributed by atoms with Gasteiger partial charge in [0.05, 0.1) is 11.9 Å². The molecule has 5 nitrogen and oxygen atoms in total. The lowest BCUT2D eigenvalue weighted by molar-refractivity contribution is 0.0740. The number of anilines is 1. The molecule has 1 aromatic carbocycles. The minimum atomic E-state index is -0.356. The molecule has 23 heavy (non-hydrogen) atoms. The summed E-state index contributed by atoms with van der Waals surface area (Å²) < 4.78 is 5.35. The molecule has 0 saturated carbocycles. The quantitative estimate of drug-likeness (QED) is 0.327. The molecule has 0 atom stereocenters. The van der Waals surface area contributed by atoms with Gasteiger partial charge in [-0.2, -0.15) is 5.10 Å². The molecular formula is C16H13N3O2S2. The van der Waals surface area contributed by atoms with E-state index in [1.807, 2.05) is 35.9 Å². The Hall–Kier alpha value is -2.51. The van der Waals surface area contributed by atoms with Crippen LogP contribution in [0.5, 0.6) is 5.75 Å². The highest BCUT2D eigenvalue weighted by Gasteiger charge is 2.09. The number of esters is 1. The Kier molecular flexibility index (Phi) is 4.80. The minimum absolute atomic E-state index is 0.356. The minimum Gasteiger partial charge on any atom is -0.422 e. The van der Waals surface area contributed by atoms with Crippen LogP contribution in [-0.4, -0.2) is 17.2 Å². The average molecular weight is 343 g/mol. The SMILES string of the molecule is Cc1csc(NN=Cc2cccc(OC(=O)c3cccs3)c2)n1. The highest BCUT2D eigenvalue weighted by atomic mass is 32.1. The van der Waals surface area contributed by atoms with Gasteiger partial charge in [-0.1, -0.05) is 18.2 Å². The third-order valence-electron chi connectivity index (χ3n) is 2.78. The number of hydrazone groups is 1. The Morgan fingerprint density at radius 3 is 2.96 bits per heavy atom. The van der Waals surface area contributed by atoms with Crippen molar-refractivity contribution in [2.45, 2.75) is 6.92 Å². The summed E-state index contributed by atoms with van der Waals surface area (Å²) in [6.45, 7) is 1.93. The molecule has 0 radical (unpaired) electrons. The number of rotatable bonds is 5. The Morgan fingerprint density at radius 2 is 2.22 bits per heavy atom. The molecule has 0 fully saturated rings. The second-order valence-electron chi connectivity index (χ2n) is 4.60. The van der Waals surface area contributed by atoms with E-state index in [9.17, 15) is 4.79 Å². The molecule has 3 rings (SSSR count). The van der Waals surface area contributed by atoms with Crippen LogP contribution in [0.1, 0.15) is 20.9 Å². The molecule has 1 N–H and O–H groups in total. The fraction of sp³-hybridized carbons (Fsp3) is 0.0625. The van der Waals surface area contributed by atoms with Crippen molar-refractivity contribution in [1.29, 1.82) is 0 Å². The van der Waals surface area contributed by atoms with Crippen molar-refractivity contribution in [3.63, 3.8) is 0 Å². The normalized spacial score (nSPS) is 10.8. The molecule has 0 aliphatic rings. The summed E-state index contributed by atoms with van der Waals surface area (Å²) in [6, 6.07) is 10.7. The molecule has 3 aromatic rings. The lowest BCUT2D eigenvalue weighted by Gasteiger charge is -2.03. The molecule has 2 aromatic heterocycles. The molecule has 0 bridgehead atoms. The second kappa shape index (κ2) is 7.17. The van der Waals surface area contributed by atoms with Crippen LogP contribution < -0.4 is 10.2 Å². The number of hydrogen-bond acceptors (Lipinski definition) is 7. The fourth-order valence-electron chi connectivity index (χ4n) is 1.78. The van der Waals surface area contributed by atoms with Crippen LogP contribution in [0.4, 0.5) is 5.13 Å². The molecular weight excluding hydrogens is 330 g/mol. The van der Waals surface area contributed by atoms with Crippen molar-refractivity contribution in [3.05, 3.63) is 63.3 Å². The van der Waals surface area contributed by atoms with Gasteiger partial charge in [-0.3, -0.25) is 5.43 Å². The van der Waals surface area contributed by atoms with Crippen molar-refractivity contribution >= 4 is 40.0 Å². The number of carbonyl (C=O) groups is 1. The second-order valence-corrected chi connectivity index (χ2v) is 6.41. The van der Waals surface area contributed by atoms with Gasteiger partial charge in [0.1, 0.15) is 10.6 Å². The van der Waals surface area contributed by atoms with Gasteiger partial charge in [-0.25, -0.2) is 9.78 Å². The summed E-state index contributed by atoms with van der Waals surface area (Å²) in [4.78, 5) is 16.7. The topological polar surface area (TPSA) is 63.6 Å². The Morgan fingerprint density at radius 1 is 1.30 bits per heavy atom. The van der Waals surface area contributed by atoms with Crippen molar-refractivity contribution in [2.75, 3.05) is 5.43 Å². The predicted octanol–water partition coefficient (Wildman–Crippen LogP) is 4.18. The maximum Gasteiger partial charge on any atom is 0.353 e. The molecule has 7 heteroatoms. The highest BCUT2D eigenvalue weighted by molar-refractivity contribution is 7.13. The first-order valence-electron chi connectivity index (χ1n) is 6.78. The Balaban J connectivity index is 1.64. The number of aryl methyl sites for hydroxylation is 1. The summed E-state index contributed by atoms with van der Waals surface area (Å²) >= 11 is 2.84. The van der Waals surface area contributed by atoms with E-state index < -0.39 is 0 Å². The van der Waals surface area contributed by atoms with Gasteiger partial charge in [0, 0.05) is 5.38 Å². The molecule has 0 aliphatic carbocycles. The van der Waals surface area contributed by atoms with E-state index >= 15 is 0 Å². The zero-order chi connectivity index (χ0) is 16.1. The van der Waals surface area contributed by atoms with E-state index in [1.54, 1.807) is 24.4 Å². The highest BCUT2D eigenvalue weighted by Crippen LogP contribution is 2.17. The van der Waals surface area contributed by atoms with Crippen molar-refractivity contribution in [1.82, 2.24) is 4.98 Å². The molecule has 0 unspecified atom stereocenters. The number of thiophene rings is 1. The van der Waals surface area contributed by atoms with E-state index in [0.29, 0.717) is 10.6 Å². The standard InChI is InChI=1S/C16H13N3O2S2/c1-11-10-23-16(18-11)19-17-9-12-4-2-5-13(8-12)21-15(20)14-6-3-7-22-14/h2-10H,1H3,(H,18,19). The Labute approximate surface area is 141 Å². The molecule has 0 spiro atoms. The monoisotopic (exact) mass is 343 g/mol. The molecule has 116 valence electrons. The van der Waals surface area contributed by atoms with Crippen molar-refractivity contribution < 1.29 is 9.53 Å². The molecule has 2 heterocycles. The van der Waals surface area contributed by atoms with Crippen LogP contribution in [-0.2, 0) is 0 Å². The van der Waals surface area contributed by atoms with Crippen molar-refractivity contribution in [2.24, 2.45) is 5.10 Å². The van der Waals surface area contributed by atoms with Gasteiger partial charge >= 0.3 is 5.97 Å². The van der Waals surface area contributed by atoms with Crippen molar-refractivity contribution in [3.8, 4) is 5.75 Å². The maximum atomic E-state index is 11.9. The molecule has 0 saturated heterocycles. The molecule has 0 aliphatic heterocycles. The van der Waals surface area contributed by atoms with Gasteiger partial charge in [0.15, 0.2) is 0 Å². The largest absolute Gasteiger partial charge is 0.422 e. The summed E-state index contributed by atoms with van der Waals surface area (Å²) in [5.41, 5.74) is 4.64. The zero-order valence-corrected chi connectivity index (χ0v) is 13.9. The van der Waals surface area contributed by atoms with Crippen LogP contribution in [0, 0.1) is 6.92 Å². The van der Waals surface area contributed by atoms with Gasteiger partial charge in [-0.15, -0.1) is 22.7 Å². The molecule has 0 amide bonds. The van der Waals surface area contributed by atoms with Crippen LogP contribution >= 0.6 is 22.7 Å². The number of ether oxygens (including phenoxy) is 1. The van der Waals surface area contributed by atoms with E-state index in [-0.39, 0.29) is 5.97 Å². The number of nitrogens with zero attached hydrogens (tertiary/aromatic N) is 2. The van der Waals surface area contributed by atoms with Crippen LogP contribution in [0.2, 0.25) is 0 Å². The van der Waals surface area contributed by atoms with E-state index in [1.165, 1.54) is 22.7 Å². The number of thiazole rings is 1. The maximum absolute atomic E-state index is 11.9. The van der Waals surface area contributed by atoms with E-state index in [4.69, 9.17) is 4.74 Å². The van der Waals surface area contributed by atoms with E-state index in [2.05, 4.69) is 15.5 Å². The van der Waals surface area contributed by atoms with Gasteiger partial charge < -0.3 is 4.74 Å². The third-order valence-corrected chi connectivity index (χ3v) is 4.50. The lowest BCUT2D eigenvalue weighted by Crippen LogP contribution is -2.06. The van der Waals surface area contributed by atoms with Crippen LogP contribution in [0.15, 0.2) is 52.3 Å². The van der Waals surface area contributed by atoms with Crippen LogP contribution in [0.3, 0.4) is 0 Å². The lowest BCUT2D eigenvalue weighted by atomic mass is 10.2. The van der Waals surface area contributed by atoms with Gasteiger partial charge in [-0.05, 0) is 36.1 Å². The number of nitrogens with one attached hydrogen (secondary N) is 1. The first-order valence-corrected chi connectivity index (χ1v) is 8.53. The summed E-state index contributed by atoms with van der Waals surface area (Å²) in [7, 11) is 0. The summed E-state index contributed by atoms with van der Waals surface area (Å²) in [5, 5.41) is 8.65. The smallest absolute Gasteiger partial charge is 0.353 e. The number of benzene rings is 1. The summed E-state index contributed by atoms with van der Waals surface area (Å²) in [5.74, 6) is 0.128. The fourth-order valence-corrected chi connectivity index (χ4v) is 3.01. The zero-order valence-electron chi connectivity index (χ0n) is 12.2. The van der Waals surface area contributed by atoms with Gasteiger partial charge in [0.2, 0.25) is 5.13 Å². The van der Waals surface area contributed by atoms with E-state index in [0.717, 1.165) is 16.4 Å². The average Bonchev–Trinajstić information content (AvgIpc) is 3.19. The van der Waals surface area contributed by atoms with Gasteiger partial charge in [0.25, 0.3) is 0 Å². The first-order chi connectivity index (χ1) is 11.2. The summed E-state index contributed by atoms with van der Waals surface area (Å²) in [6.07, 6.45) is 1.65. The predicted molar refractivity (Wildman–Crippen MR) is 93.8 cm³/mol. The number of hydrogen-bond donors (Lipinski definition) is 1.